The van der Waals surface area contributed by atoms with Gasteiger partial charge in [-0.15, -0.1) is 0 Å². The monoisotopic (exact) mass is 311 g/mol. The lowest BCUT2D eigenvalue weighted by atomic mass is 9.98. The van der Waals surface area contributed by atoms with E-state index in [-0.39, 0.29) is 18.4 Å². The molecule has 0 unspecified atom stereocenters. The maximum absolute atomic E-state index is 12.5. The molecule has 1 aromatic rings. The average Bonchev–Trinajstić information content (AvgIpc) is 2.62. The summed E-state index contributed by atoms with van der Waals surface area (Å²) < 4.78 is 28.2. The summed E-state index contributed by atoms with van der Waals surface area (Å²) in [6.45, 7) is 4.01. The molecular formula is C14H21N3O3S. The quantitative estimate of drug-likeness (QED) is 0.880. The van der Waals surface area contributed by atoms with Gasteiger partial charge in [0.2, 0.25) is 5.91 Å². The lowest BCUT2D eigenvalue weighted by Crippen LogP contribution is -2.51. The van der Waals surface area contributed by atoms with Gasteiger partial charge in [0.05, 0.1) is 0 Å². The Hall–Kier alpha value is -1.44. The highest BCUT2D eigenvalue weighted by molar-refractivity contribution is 7.87. The second-order valence-corrected chi connectivity index (χ2v) is 7.06. The van der Waals surface area contributed by atoms with Crippen LogP contribution < -0.4 is 10.0 Å². The molecule has 2 rings (SSSR count). The van der Waals surface area contributed by atoms with Crippen LogP contribution in [0.4, 0.5) is 5.69 Å². The Bertz CT molecular complexity index is 630. The maximum Gasteiger partial charge on any atom is 0.280 e. The number of nitrogens with one attached hydrogen (secondary N) is 2. The Balaban J connectivity index is 2.53. The van der Waals surface area contributed by atoms with E-state index in [1.807, 2.05) is 32.0 Å². The van der Waals surface area contributed by atoms with Gasteiger partial charge >= 0.3 is 0 Å². The molecule has 6 nitrogen and oxygen atoms in total. The number of carbonyl (C=O) groups excluding carboxylic acids is 1. The van der Waals surface area contributed by atoms with Crippen LogP contribution in [0.1, 0.15) is 25.8 Å². The van der Waals surface area contributed by atoms with Gasteiger partial charge in [0.25, 0.3) is 10.2 Å². The molecule has 0 aliphatic carbocycles. The Morgan fingerprint density at radius 2 is 2.10 bits per heavy atom. The highest BCUT2D eigenvalue weighted by Gasteiger charge is 2.39. The Morgan fingerprint density at radius 3 is 2.71 bits per heavy atom. The van der Waals surface area contributed by atoms with E-state index in [9.17, 15) is 13.2 Å². The summed E-state index contributed by atoms with van der Waals surface area (Å²) in [7, 11) is -2.34. The van der Waals surface area contributed by atoms with Gasteiger partial charge in [-0.1, -0.05) is 38.5 Å². The van der Waals surface area contributed by atoms with Crippen LogP contribution in [-0.4, -0.2) is 31.7 Å². The number of rotatable bonds is 4. The fraction of sp³-hybridized carbons (Fsp3) is 0.500. The SMILES string of the molecule is CC[C@H](C)[C@H]1C(=O)Nc2ccccc2CN1S(=O)(=O)NC. The summed E-state index contributed by atoms with van der Waals surface area (Å²) in [5.41, 5.74) is 1.46. The van der Waals surface area contributed by atoms with Gasteiger partial charge in [-0.2, -0.15) is 12.7 Å². The highest BCUT2D eigenvalue weighted by atomic mass is 32.2. The first-order valence-corrected chi connectivity index (χ1v) is 8.43. The molecule has 2 atom stereocenters. The smallest absolute Gasteiger partial charge is 0.280 e. The summed E-state index contributed by atoms with van der Waals surface area (Å²) in [5.74, 6) is -0.365. The lowest BCUT2D eigenvalue weighted by Gasteiger charge is -2.30. The van der Waals surface area contributed by atoms with Crippen molar-refractivity contribution in [3.05, 3.63) is 29.8 Å². The molecule has 0 radical (unpaired) electrons. The number of anilines is 1. The minimum atomic E-state index is -3.70. The molecule has 0 spiro atoms. The molecule has 116 valence electrons. The van der Waals surface area contributed by atoms with Crippen LogP contribution >= 0.6 is 0 Å². The summed E-state index contributed by atoms with van der Waals surface area (Å²) in [6, 6.07) is 6.54. The van der Waals surface area contributed by atoms with Crippen molar-refractivity contribution in [1.82, 2.24) is 9.03 Å². The first-order valence-electron chi connectivity index (χ1n) is 6.99. The number of para-hydroxylation sites is 1. The summed E-state index contributed by atoms with van der Waals surface area (Å²) in [5, 5.41) is 2.84. The zero-order valence-electron chi connectivity index (χ0n) is 12.5. The van der Waals surface area contributed by atoms with Crippen molar-refractivity contribution in [1.29, 1.82) is 0 Å². The molecule has 1 aliphatic heterocycles. The largest absolute Gasteiger partial charge is 0.324 e. The third-order valence-electron chi connectivity index (χ3n) is 3.93. The molecule has 0 bridgehead atoms. The zero-order valence-corrected chi connectivity index (χ0v) is 13.3. The predicted octanol–water partition coefficient (Wildman–Crippen LogP) is 1.32. The summed E-state index contributed by atoms with van der Waals surface area (Å²) >= 11 is 0. The zero-order chi connectivity index (χ0) is 15.6. The van der Waals surface area contributed by atoms with Gasteiger partial charge in [0.15, 0.2) is 0 Å². The first-order chi connectivity index (χ1) is 9.90. The number of hydrogen-bond donors (Lipinski definition) is 2. The number of benzene rings is 1. The molecule has 1 aliphatic rings. The fourth-order valence-electron chi connectivity index (χ4n) is 2.50. The van der Waals surface area contributed by atoms with Crippen molar-refractivity contribution in [2.45, 2.75) is 32.9 Å². The molecule has 0 fully saturated rings. The second-order valence-electron chi connectivity index (χ2n) is 5.23. The maximum atomic E-state index is 12.5. The number of nitrogens with zero attached hydrogens (tertiary/aromatic N) is 1. The standard InChI is InChI=1S/C14H21N3O3S/c1-4-10(2)13-14(18)16-12-8-6-5-7-11(12)9-17(13)21(19,20)15-3/h5-8,10,13,15H,4,9H2,1-3H3,(H,16,18)/t10-,13-/m0/s1. The van der Waals surface area contributed by atoms with E-state index in [0.29, 0.717) is 12.1 Å². The van der Waals surface area contributed by atoms with Crippen molar-refractivity contribution < 1.29 is 13.2 Å². The summed E-state index contributed by atoms with van der Waals surface area (Å²) in [6.07, 6.45) is 0.712. The molecule has 1 amide bonds. The minimum absolute atomic E-state index is 0.0811. The second kappa shape index (κ2) is 6.13. The summed E-state index contributed by atoms with van der Waals surface area (Å²) in [4.78, 5) is 12.5. The third kappa shape index (κ3) is 3.09. The van der Waals surface area contributed by atoms with E-state index in [0.717, 1.165) is 5.56 Å². The van der Waals surface area contributed by atoms with Crippen LogP contribution in [-0.2, 0) is 21.5 Å². The van der Waals surface area contributed by atoms with E-state index in [4.69, 9.17) is 0 Å². The van der Waals surface area contributed by atoms with E-state index in [1.165, 1.54) is 11.4 Å². The van der Waals surface area contributed by atoms with Crippen molar-refractivity contribution in [2.24, 2.45) is 5.92 Å². The van der Waals surface area contributed by atoms with Crippen molar-refractivity contribution in [2.75, 3.05) is 12.4 Å². The van der Waals surface area contributed by atoms with Crippen molar-refractivity contribution in [3.8, 4) is 0 Å². The molecular weight excluding hydrogens is 290 g/mol. The molecule has 21 heavy (non-hydrogen) atoms. The Kier molecular flexibility index (Phi) is 4.65. The highest BCUT2D eigenvalue weighted by Crippen LogP contribution is 2.28. The van der Waals surface area contributed by atoms with Gasteiger partial charge in [-0.05, 0) is 17.5 Å². The lowest BCUT2D eigenvalue weighted by molar-refractivity contribution is -0.121. The van der Waals surface area contributed by atoms with Gasteiger partial charge in [-0.3, -0.25) is 4.79 Å². The van der Waals surface area contributed by atoms with E-state index < -0.39 is 16.3 Å². The third-order valence-corrected chi connectivity index (χ3v) is 5.42. The van der Waals surface area contributed by atoms with Crippen molar-refractivity contribution in [3.63, 3.8) is 0 Å². The molecule has 7 heteroatoms. The molecule has 1 heterocycles. The van der Waals surface area contributed by atoms with Crippen LogP contribution in [0.15, 0.2) is 24.3 Å². The van der Waals surface area contributed by atoms with Gasteiger partial charge in [0, 0.05) is 19.3 Å². The van der Waals surface area contributed by atoms with Gasteiger partial charge in [-0.25, -0.2) is 4.72 Å². The predicted molar refractivity (Wildman–Crippen MR) is 81.8 cm³/mol. The average molecular weight is 311 g/mol. The number of hydrogen-bond acceptors (Lipinski definition) is 3. The van der Waals surface area contributed by atoms with Crippen molar-refractivity contribution >= 4 is 21.8 Å². The topological polar surface area (TPSA) is 78.5 Å². The molecule has 0 saturated carbocycles. The Labute approximate surface area is 125 Å². The van der Waals surface area contributed by atoms with Crippen LogP contribution in [0.5, 0.6) is 0 Å². The van der Waals surface area contributed by atoms with Gasteiger partial charge < -0.3 is 5.32 Å². The minimum Gasteiger partial charge on any atom is -0.324 e. The van der Waals surface area contributed by atoms with E-state index in [2.05, 4.69) is 10.0 Å². The van der Waals surface area contributed by atoms with Gasteiger partial charge in [0.1, 0.15) is 6.04 Å². The number of amides is 1. The molecule has 1 aromatic carbocycles. The van der Waals surface area contributed by atoms with Crippen LogP contribution in [0.3, 0.4) is 0 Å². The Morgan fingerprint density at radius 1 is 1.43 bits per heavy atom. The fourth-order valence-corrected chi connectivity index (χ4v) is 3.65. The van der Waals surface area contributed by atoms with Crippen LogP contribution in [0.25, 0.3) is 0 Å². The van der Waals surface area contributed by atoms with E-state index >= 15 is 0 Å². The van der Waals surface area contributed by atoms with E-state index in [1.54, 1.807) is 6.07 Å². The number of fused-ring (bicyclic) bond motifs is 1. The normalized spacial score (nSPS) is 21.3. The van der Waals surface area contributed by atoms with Crippen LogP contribution in [0, 0.1) is 5.92 Å². The molecule has 0 saturated heterocycles. The molecule has 2 N–H and O–H groups in total. The molecule has 0 aromatic heterocycles. The van der Waals surface area contributed by atoms with Crippen LogP contribution in [0.2, 0.25) is 0 Å². The number of carbonyl (C=O) groups is 1. The first kappa shape index (κ1) is 15.9.